The average Bonchev–Trinajstić information content (AvgIpc) is 2.33. The standard InChI is InChI=1S/C17H27NO2/c1-12(11-17(4,18)16(19)20)6-5-7-15-9-8-13(2)14(3)10-15/h8-10,12H,5-7,11,18H2,1-4H3,(H,19,20). The van der Waals surface area contributed by atoms with Crippen molar-refractivity contribution in [3.05, 3.63) is 34.9 Å². The van der Waals surface area contributed by atoms with E-state index in [2.05, 4.69) is 39.0 Å². The molecule has 1 aromatic carbocycles. The molecule has 112 valence electrons. The van der Waals surface area contributed by atoms with Gasteiger partial charge in [-0.1, -0.05) is 31.5 Å². The molecule has 0 bridgehead atoms. The Morgan fingerprint density at radius 1 is 1.35 bits per heavy atom. The van der Waals surface area contributed by atoms with Crippen LogP contribution < -0.4 is 5.73 Å². The molecule has 20 heavy (non-hydrogen) atoms. The molecule has 3 heteroatoms. The van der Waals surface area contributed by atoms with E-state index in [0.717, 1.165) is 19.3 Å². The Kier molecular flexibility index (Phi) is 5.75. The number of carboxylic acid groups (broad SMARTS) is 1. The normalized spacial score (nSPS) is 15.7. The topological polar surface area (TPSA) is 63.3 Å². The highest BCUT2D eigenvalue weighted by atomic mass is 16.4. The first-order valence-corrected chi connectivity index (χ1v) is 7.31. The highest BCUT2D eigenvalue weighted by Gasteiger charge is 2.29. The van der Waals surface area contributed by atoms with Crippen LogP contribution in [-0.4, -0.2) is 16.6 Å². The maximum atomic E-state index is 11.0. The van der Waals surface area contributed by atoms with Gasteiger partial charge < -0.3 is 10.8 Å². The lowest BCUT2D eigenvalue weighted by Gasteiger charge is -2.23. The van der Waals surface area contributed by atoms with E-state index in [1.54, 1.807) is 6.92 Å². The smallest absolute Gasteiger partial charge is 0.323 e. The van der Waals surface area contributed by atoms with E-state index < -0.39 is 11.5 Å². The molecule has 2 atom stereocenters. The molecule has 1 rings (SSSR count). The molecule has 3 nitrogen and oxygen atoms in total. The first kappa shape index (κ1) is 16.7. The van der Waals surface area contributed by atoms with Crippen LogP contribution in [0.15, 0.2) is 18.2 Å². The minimum atomic E-state index is -1.11. The second-order valence-corrected chi connectivity index (χ2v) is 6.34. The lowest BCUT2D eigenvalue weighted by atomic mass is 9.87. The summed E-state index contributed by atoms with van der Waals surface area (Å²) in [5, 5.41) is 9.03. The number of carboxylic acids is 1. The van der Waals surface area contributed by atoms with Crippen molar-refractivity contribution in [2.75, 3.05) is 0 Å². The van der Waals surface area contributed by atoms with Gasteiger partial charge in [0.25, 0.3) is 0 Å². The Bertz CT molecular complexity index is 466. The first-order chi connectivity index (χ1) is 9.22. The number of nitrogens with two attached hydrogens (primary N) is 1. The molecule has 2 unspecified atom stereocenters. The van der Waals surface area contributed by atoms with Gasteiger partial charge in [-0.3, -0.25) is 4.79 Å². The van der Waals surface area contributed by atoms with Crippen LogP contribution in [0.3, 0.4) is 0 Å². The van der Waals surface area contributed by atoms with Crippen molar-refractivity contribution in [1.29, 1.82) is 0 Å². The number of aliphatic carboxylic acids is 1. The molecule has 3 N–H and O–H groups in total. The molecule has 0 aromatic heterocycles. The van der Waals surface area contributed by atoms with Crippen molar-refractivity contribution in [2.45, 2.75) is 58.9 Å². The third-order valence-electron chi connectivity index (χ3n) is 3.99. The summed E-state index contributed by atoms with van der Waals surface area (Å²) in [7, 11) is 0. The van der Waals surface area contributed by atoms with Crippen molar-refractivity contribution in [2.24, 2.45) is 11.7 Å². The Hall–Kier alpha value is -1.35. The largest absolute Gasteiger partial charge is 0.480 e. The van der Waals surface area contributed by atoms with Gasteiger partial charge in [0.1, 0.15) is 5.54 Å². The summed E-state index contributed by atoms with van der Waals surface area (Å²) in [5.74, 6) is -0.592. The maximum Gasteiger partial charge on any atom is 0.323 e. The van der Waals surface area contributed by atoms with E-state index in [-0.39, 0.29) is 0 Å². The molecule has 0 spiro atoms. The molecule has 0 saturated carbocycles. The van der Waals surface area contributed by atoms with E-state index in [0.29, 0.717) is 12.3 Å². The molecule has 0 aliphatic carbocycles. The molecular formula is C17H27NO2. The van der Waals surface area contributed by atoms with Crippen molar-refractivity contribution in [3.63, 3.8) is 0 Å². The van der Waals surface area contributed by atoms with E-state index in [4.69, 9.17) is 10.8 Å². The Labute approximate surface area is 122 Å². The molecule has 0 aliphatic rings. The predicted molar refractivity (Wildman–Crippen MR) is 82.9 cm³/mol. The van der Waals surface area contributed by atoms with E-state index >= 15 is 0 Å². The van der Waals surface area contributed by atoms with Gasteiger partial charge in [-0.2, -0.15) is 0 Å². The SMILES string of the molecule is Cc1ccc(CCCC(C)CC(C)(N)C(=O)O)cc1C. The molecule has 0 radical (unpaired) electrons. The molecule has 0 saturated heterocycles. The van der Waals surface area contributed by atoms with Crippen LogP contribution in [0.25, 0.3) is 0 Å². The summed E-state index contributed by atoms with van der Waals surface area (Å²) in [6.45, 7) is 7.92. The molecule has 0 aliphatic heterocycles. The van der Waals surface area contributed by atoms with Crippen LogP contribution in [0.5, 0.6) is 0 Å². The fourth-order valence-corrected chi connectivity index (χ4v) is 2.53. The highest BCUT2D eigenvalue weighted by Crippen LogP contribution is 2.20. The van der Waals surface area contributed by atoms with E-state index in [1.165, 1.54) is 16.7 Å². The van der Waals surface area contributed by atoms with Crippen LogP contribution in [0.2, 0.25) is 0 Å². The number of carbonyl (C=O) groups is 1. The van der Waals surface area contributed by atoms with Gasteiger partial charge in [0, 0.05) is 0 Å². The average molecular weight is 277 g/mol. The Balaban J connectivity index is 2.40. The van der Waals surface area contributed by atoms with Crippen LogP contribution in [0.4, 0.5) is 0 Å². The lowest BCUT2D eigenvalue weighted by Crippen LogP contribution is -2.46. The van der Waals surface area contributed by atoms with Crippen molar-refractivity contribution < 1.29 is 9.90 Å². The zero-order valence-electron chi connectivity index (χ0n) is 13.1. The molecular weight excluding hydrogens is 250 g/mol. The van der Waals surface area contributed by atoms with Gasteiger partial charge in [-0.25, -0.2) is 0 Å². The first-order valence-electron chi connectivity index (χ1n) is 7.31. The lowest BCUT2D eigenvalue weighted by molar-refractivity contribution is -0.143. The van der Waals surface area contributed by atoms with Gasteiger partial charge >= 0.3 is 5.97 Å². The van der Waals surface area contributed by atoms with Gasteiger partial charge in [-0.05, 0) is 62.6 Å². The number of hydrogen-bond donors (Lipinski definition) is 2. The third-order valence-corrected chi connectivity index (χ3v) is 3.99. The second-order valence-electron chi connectivity index (χ2n) is 6.34. The maximum absolute atomic E-state index is 11.0. The quantitative estimate of drug-likeness (QED) is 0.802. The molecule has 0 heterocycles. The zero-order valence-corrected chi connectivity index (χ0v) is 13.1. The van der Waals surface area contributed by atoms with Gasteiger partial charge in [0.15, 0.2) is 0 Å². The third kappa shape index (κ3) is 4.97. The highest BCUT2D eigenvalue weighted by molar-refractivity contribution is 5.77. The van der Waals surface area contributed by atoms with E-state index in [9.17, 15) is 4.79 Å². The fraction of sp³-hybridized carbons (Fsp3) is 0.588. The summed E-state index contributed by atoms with van der Waals surface area (Å²) >= 11 is 0. The second kappa shape index (κ2) is 6.89. The molecule has 0 amide bonds. The minimum absolute atomic E-state index is 0.327. The predicted octanol–water partition coefficient (Wildman–Crippen LogP) is 3.45. The molecule has 1 aromatic rings. The van der Waals surface area contributed by atoms with Gasteiger partial charge in [0.2, 0.25) is 0 Å². The Morgan fingerprint density at radius 3 is 2.55 bits per heavy atom. The van der Waals surface area contributed by atoms with Gasteiger partial charge in [-0.15, -0.1) is 0 Å². The minimum Gasteiger partial charge on any atom is -0.480 e. The molecule has 0 fully saturated rings. The summed E-state index contributed by atoms with van der Waals surface area (Å²) in [4.78, 5) is 11.0. The number of aryl methyl sites for hydroxylation is 3. The number of rotatable bonds is 7. The van der Waals surface area contributed by atoms with Crippen LogP contribution in [0.1, 0.15) is 49.8 Å². The monoisotopic (exact) mass is 277 g/mol. The van der Waals surface area contributed by atoms with Gasteiger partial charge in [0.05, 0.1) is 0 Å². The van der Waals surface area contributed by atoms with Crippen molar-refractivity contribution >= 4 is 5.97 Å². The summed E-state index contributed by atoms with van der Waals surface area (Å²) in [5.41, 5.74) is 8.68. The van der Waals surface area contributed by atoms with Crippen LogP contribution in [-0.2, 0) is 11.2 Å². The zero-order chi connectivity index (χ0) is 15.3. The summed E-state index contributed by atoms with van der Waals surface area (Å²) in [6, 6.07) is 6.58. The van der Waals surface area contributed by atoms with Crippen molar-refractivity contribution in [1.82, 2.24) is 0 Å². The number of benzene rings is 1. The van der Waals surface area contributed by atoms with Crippen LogP contribution in [0, 0.1) is 19.8 Å². The number of hydrogen-bond acceptors (Lipinski definition) is 2. The summed E-state index contributed by atoms with van der Waals surface area (Å²) < 4.78 is 0. The Morgan fingerprint density at radius 2 is 2.00 bits per heavy atom. The van der Waals surface area contributed by atoms with E-state index in [1.807, 2.05) is 0 Å². The van der Waals surface area contributed by atoms with Crippen LogP contribution >= 0.6 is 0 Å². The fourth-order valence-electron chi connectivity index (χ4n) is 2.53. The summed E-state index contributed by atoms with van der Waals surface area (Å²) in [6.07, 6.45) is 3.64. The van der Waals surface area contributed by atoms with Crippen molar-refractivity contribution in [3.8, 4) is 0 Å².